The van der Waals surface area contributed by atoms with Gasteiger partial charge in [-0.25, -0.2) is 12.8 Å². The zero-order valence-electron chi connectivity index (χ0n) is 11.1. The van der Waals surface area contributed by atoms with Crippen molar-refractivity contribution < 1.29 is 12.8 Å². The van der Waals surface area contributed by atoms with E-state index in [9.17, 15) is 12.8 Å². The molecule has 2 aromatic rings. The van der Waals surface area contributed by atoms with Crippen LogP contribution >= 0.6 is 0 Å². The Morgan fingerprint density at radius 2 is 1.65 bits per heavy atom. The molecule has 0 saturated heterocycles. The molecule has 0 bridgehead atoms. The SMILES string of the molecule is Cc1ccc(N)c(S(=O)(=O)Nc2ccc(F)cc2)c1C. The summed E-state index contributed by atoms with van der Waals surface area (Å²) in [6.45, 7) is 3.51. The number of nitrogens with two attached hydrogens (primary N) is 1. The molecule has 20 heavy (non-hydrogen) atoms. The van der Waals surface area contributed by atoms with Gasteiger partial charge >= 0.3 is 0 Å². The molecule has 2 rings (SSSR count). The number of rotatable bonds is 3. The molecule has 0 amide bonds. The summed E-state index contributed by atoms with van der Waals surface area (Å²) in [4.78, 5) is 0.0572. The quantitative estimate of drug-likeness (QED) is 0.855. The fourth-order valence-corrected chi connectivity index (χ4v) is 3.38. The van der Waals surface area contributed by atoms with Crippen LogP contribution in [0.2, 0.25) is 0 Å². The van der Waals surface area contributed by atoms with Crippen molar-refractivity contribution >= 4 is 21.4 Å². The van der Waals surface area contributed by atoms with Crippen LogP contribution in [-0.4, -0.2) is 8.42 Å². The molecule has 0 unspecified atom stereocenters. The molecule has 2 aromatic carbocycles. The molecule has 0 saturated carbocycles. The molecular formula is C14H15FN2O2S. The summed E-state index contributed by atoms with van der Waals surface area (Å²) in [5.41, 5.74) is 7.67. The van der Waals surface area contributed by atoms with Crippen LogP contribution in [0.15, 0.2) is 41.3 Å². The highest BCUT2D eigenvalue weighted by molar-refractivity contribution is 7.93. The Morgan fingerprint density at radius 1 is 1.05 bits per heavy atom. The van der Waals surface area contributed by atoms with E-state index < -0.39 is 15.8 Å². The maximum Gasteiger partial charge on any atom is 0.264 e. The van der Waals surface area contributed by atoms with Crippen molar-refractivity contribution in [2.24, 2.45) is 0 Å². The van der Waals surface area contributed by atoms with Gasteiger partial charge in [0.1, 0.15) is 10.7 Å². The van der Waals surface area contributed by atoms with Gasteiger partial charge < -0.3 is 5.73 Å². The van der Waals surface area contributed by atoms with E-state index >= 15 is 0 Å². The third kappa shape index (κ3) is 2.75. The third-order valence-electron chi connectivity index (χ3n) is 3.07. The topological polar surface area (TPSA) is 72.2 Å². The summed E-state index contributed by atoms with van der Waals surface area (Å²) in [5, 5.41) is 0. The van der Waals surface area contributed by atoms with Crippen LogP contribution in [0.1, 0.15) is 11.1 Å². The normalized spacial score (nSPS) is 11.3. The molecule has 3 N–H and O–H groups in total. The molecule has 0 aromatic heterocycles. The zero-order chi connectivity index (χ0) is 14.9. The first-order valence-electron chi connectivity index (χ1n) is 5.95. The molecule has 0 fully saturated rings. The van der Waals surface area contributed by atoms with Gasteiger partial charge in [-0.05, 0) is 55.3 Å². The number of nitrogens with one attached hydrogen (secondary N) is 1. The average Bonchev–Trinajstić information content (AvgIpc) is 2.37. The van der Waals surface area contributed by atoms with Gasteiger partial charge in [-0.15, -0.1) is 0 Å². The molecule has 0 aliphatic carbocycles. The van der Waals surface area contributed by atoms with Gasteiger partial charge in [0.05, 0.1) is 5.69 Å². The minimum Gasteiger partial charge on any atom is -0.398 e. The summed E-state index contributed by atoms with van der Waals surface area (Å²) >= 11 is 0. The third-order valence-corrected chi connectivity index (χ3v) is 4.66. The van der Waals surface area contributed by atoms with Crippen molar-refractivity contribution in [2.45, 2.75) is 18.7 Å². The second kappa shape index (κ2) is 5.13. The number of aryl methyl sites for hydroxylation is 1. The lowest BCUT2D eigenvalue weighted by Gasteiger charge is -2.14. The first-order valence-corrected chi connectivity index (χ1v) is 7.43. The lowest BCUT2D eigenvalue weighted by Crippen LogP contribution is -2.16. The fraction of sp³-hybridized carbons (Fsp3) is 0.143. The standard InChI is InChI=1S/C14H15FN2O2S/c1-9-3-8-13(16)14(10(9)2)20(18,19)17-12-6-4-11(15)5-7-12/h3-8,17H,16H2,1-2H3. The zero-order valence-corrected chi connectivity index (χ0v) is 12.0. The molecule has 0 heterocycles. The van der Waals surface area contributed by atoms with Gasteiger partial charge in [0, 0.05) is 5.69 Å². The Hall–Kier alpha value is -2.08. The number of hydrogen-bond donors (Lipinski definition) is 2. The Kier molecular flexibility index (Phi) is 3.67. The fourth-order valence-electron chi connectivity index (χ4n) is 1.89. The van der Waals surface area contributed by atoms with E-state index in [2.05, 4.69) is 4.72 Å². The predicted molar refractivity (Wildman–Crippen MR) is 77.5 cm³/mol. The van der Waals surface area contributed by atoms with E-state index in [0.29, 0.717) is 5.56 Å². The van der Waals surface area contributed by atoms with Crippen LogP contribution in [0.5, 0.6) is 0 Å². The summed E-state index contributed by atoms with van der Waals surface area (Å²) in [7, 11) is -3.81. The Bertz CT molecular complexity index is 741. The minimum absolute atomic E-state index is 0.0572. The summed E-state index contributed by atoms with van der Waals surface area (Å²) in [6, 6.07) is 8.40. The van der Waals surface area contributed by atoms with E-state index in [4.69, 9.17) is 5.73 Å². The predicted octanol–water partition coefficient (Wildman–Crippen LogP) is 2.83. The van der Waals surface area contributed by atoms with Crippen LogP contribution in [0.4, 0.5) is 15.8 Å². The smallest absolute Gasteiger partial charge is 0.264 e. The maximum atomic E-state index is 12.8. The molecular weight excluding hydrogens is 279 g/mol. The van der Waals surface area contributed by atoms with Crippen LogP contribution < -0.4 is 10.5 Å². The number of halogens is 1. The molecule has 0 atom stereocenters. The Balaban J connectivity index is 2.46. The van der Waals surface area contributed by atoms with Crippen LogP contribution in [0, 0.1) is 19.7 Å². The van der Waals surface area contributed by atoms with Crippen molar-refractivity contribution in [2.75, 3.05) is 10.5 Å². The maximum absolute atomic E-state index is 12.8. The second-order valence-electron chi connectivity index (χ2n) is 4.54. The minimum atomic E-state index is -3.81. The molecule has 4 nitrogen and oxygen atoms in total. The van der Waals surface area contributed by atoms with E-state index in [1.165, 1.54) is 24.3 Å². The van der Waals surface area contributed by atoms with E-state index in [0.717, 1.165) is 5.56 Å². The first kappa shape index (κ1) is 14.3. The van der Waals surface area contributed by atoms with E-state index in [-0.39, 0.29) is 16.3 Å². The number of hydrogen-bond acceptors (Lipinski definition) is 3. The van der Waals surface area contributed by atoms with Crippen molar-refractivity contribution in [3.05, 3.63) is 53.3 Å². The first-order chi connectivity index (χ1) is 9.31. The molecule has 0 spiro atoms. The van der Waals surface area contributed by atoms with Gasteiger partial charge in [-0.3, -0.25) is 4.72 Å². The van der Waals surface area contributed by atoms with Crippen LogP contribution in [0.3, 0.4) is 0 Å². The van der Waals surface area contributed by atoms with Crippen LogP contribution in [0.25, 0.3) is 0 Å². The lowest BCUT2D eigenvalue weighted by molar-refractivity contribution is 0.600. The highest BCUT2D eigenvalue weighted by Crippen LogP contribution is 2.27. The summed E-state index contributed by atoms with van der Waals surface area (Å²) < 4.78 is 40.0. The Morgan fingerprint density at radius 3 is 2.25 bits per heavy atom. The largest absolute Gasteiger partial charge is 0.398 e. The highest BCUT2D eigenvalue weighted by Gasteiger charge is 2.21. The molecule has 6 heteroatoms. The van der Waals surface area contributed by atoms with Crippen molar-refractivity contribution in [3.63, 3.8) is 0 Å². The molecule has 106 valence electrons. The molecule has 0 aliphatic rings. The van der Waals surface area contributed by atoms with Gasteiger partial charge in [-0.2, -0.15) is 0 Å². The number of benzene rings is 2. The summed E-state index contributed by atoms with van der Waals surface area (Å²) in [5.74, 6) is -0.431. The van der Waals surface area contributed by atoms with E-state index in [1.54, 1.807) is 19.1 Å². The van der Waals surface area contributed by atoms with Gasteiger partial charge in [0.15, 0.2) is 0 Å². The second-order valence-corrected chi connectivity index (χ2v) is 6.16. The van der Waals surface area contributed by atoms with Gasteiger partial charge in [-0.1, -0.05) is 6.07 Å². The van der Waals surface area contributed by atoms with Crippen molar-refractivity contribution in [1.29, 1.82) is 0 Å². The monoisotopic (exact) mass is 294 g/mol. The number of sulfonamides is 1. The van der Waals surface area contributed by atoms with E-state index in [1.807, 2.05) is 6.92 Å². The van der Waals surface area contributed by atoms with Gasteiger partial charge in [0.25, 0.3) is 10.0 Å². The average molecular weight is 294 g/mol. The number of anilines is 2. The molecule has 0 radical (unpaired) electrons. The Labute approximate surface area is 117 Å². The van der Waals surface area contributed by atoms with Gasteiger partial charge in [0.2, 0.25) is 0 Å². The number of nitrogen functional groups attached to an aromatic ring is 1. The van der Waals surface area contributed by atoms with Crippen molar-refractivity contribution in [3.8, 4) is 0 Å². The molecule has 0 aliphatic heterocycles. The van der Waals surface area contributed by atoms with Crippen molar-refractivity contribution in [1.82, 2.24) is 0 Å². The van der Waals surface area contributed by atoms with Crippen LogP contribution in [-0.2, 0) is 10.0 Å². The lowest BCUT2D eigenvalue weighted by atomic mass is 10.1. The summed E-state index contributed by atoms with van der Waals surface area (Å²) in [6.07, 6.45) is 0. The highest BCUT2D eigenvalue weighted by atomic mass is 32.2.